The van der Waals surface area contributed by atoms with E-state index in [0.717, 1.165) is 24.9 Å². The van der Waals surface area contributed by atoms with Crippen molar-refractivity contribution in [2.24, 2.45) is 0 Å². The number of quaternary nitrogens is 1. The SMILES string of the molecule is CCc1cc(CC[NH3+])ccc1O. The smallest absolute Gasteiger partial charge is 0.118 e. The third-order valence-corrected chi connectivity index (χ3v) is 1.99. The average molecular weight is 166 g/mol. The van der Waals surface area contributed by atoms with Crippen molar-refractivity contribution in [1.29, 1.82) is 0 Å². The van der Waals surface area contributed by atoms with Gasteiger partial charge in [0, 0.05) is 6.42 Å². The highest BCUT2D eigenvalue weighted by molar-refractivity contribution is 5.36. The van der Waals surface area contributed by atoms with Crippen molar-refractivity contribution < 1.29 is 10.8 Å². The molecule has 0 aliphatic heterocycles. The van der Waals surface area contributed by atoms with Crippen molar-refractivity contribution in [3.8, 4) is 5.75 Å². The number of phenols is 1. The van der Waals surface area contributed by atoms with Crippen LogP contribution < -0.4 is 5.73 Å². The van der Waals surface area contributed by atoms with Crippen LogP contribution in [0.5, 0.6) is 5.75 Å². The number of hydrogen-bond acceptors (Lipinski definition) is 1. The van der Waals surface area contributed by atoms with Crippen LogP contribution in [0, 0.1) is 0 Å². The molecular weight excluding hydrogens is 150 g/mol. The third kappa shape index (κ3) is 1.98. The minimum absolute atomic E-state index is 0.408. The summed E-state index contributed by atoms with van der Waals surface area (Å²) in [5.41, 5.74) is 6.09. The fourth-order valence-electron chi connectivity index (χ4n) is 1.28. The second-order valence-corrected chi connectivity index (χ2v) is 2.92. The minimum atomic E-state index is 0.408. The molecule has 1 rings (SSSR count). The van der Waals surface area contributed by atoms with E-state index in [9.17, 15) is 5.11 Å². The summed E-state index contributed by atoms with van der Waals surface area (Å²) in [6.07, 6.45) is 1.88. The van der Waals surface area contributed by atoms with Crippen LogP contribution in [0.4, 0.5) is 0 Å². The first-order valence-corrected chi connectivity index (χ1v) is 4.38. The first-order chi connectivity index (χ1) is 5.77. The molecule has 0 spiro atoms. The topological polar surface area (TPSA) is 47.9 Å². The fourth-order valence-corrected chi connectivity index (χ4v) is 1.28. The van der Waals surface area contributed by atoms with Gasteiger partial charge >= 0.3 is 0 Å². The van der Waals surface area contributed by atoms with Gasteiger partial charge in [0.2, 0.25) is 0 Å². The van der Waals surface area contributed by atoms with Gasteiger partial charge in [0.25, 0.3) is 0 Å². The maximum absolute atomic E-state index is 9.39. The Morgan fingerprint density at radius 2 is 2.17 bits per heavy atom. The molecule has 0 fully saturated rings. The number of benzene rings is 1. The van der Waals surface area contributed by atoms with Gasteiger partial charge in [0.05, 0.1) is 6.54 Å². The number of aryl methyl sites for hydroxylation is 1. The Morgan fingerprint density at radius 3 is 2.75 bits per heavy atom. The summed E-state index contributed by atoms with van der Waals surface area (Å²) < 4.78 is 0. The molecule has 0 radical (unpaired) electrons. The molecule has 0 bridgehead atoms. The van der Waals surface area contributed by atoms with Gasteiger partial charge in [-0.1, -0.05) is 19.1 Å². The van der Waals surface area contributed by atoms with Gasteiger partial charge in [-0.2, -0.15) is 0 Å². The number of phenolic OH excluding ortho intramolecular Hbond substituents is 1. The van der Waals surface area contributed by atoms with Crippen molar-refractivity contribution in [3.05, 3.63) is 29.3 Å². The molecule has 0 saturated heterocycles. The Bertz CT molecular complexity index is 258. The van der Waals surface area contributed by atoms with Crippen LogP contribution in [-0.4, -0.2) is 11.7 Å². The first-order valence-electron chi connectivity index (χ1n) is 4.38. The van der Waals surface area contributed by atoms with E-state index in [1.807, 2.05) is 13.0 Å². The minimum Gasteiger partial charge on any atom is -0.508 e. The van der Waals surface area contributed by atoms with E-state index in [2.05, 4.69) is 11.8 Å². The number of aromatic hydroxyl groups is 1. The Morgan fingerprint density at radius 1 is 1.42 bits per heavy atom. The van der Waals surface area contributed by atoms with Crippen LogP contribution in [0.3, 0.4) is 0 Å². The average Bonchev–Trinajstić information content (AvgIpc) is 2.09. The van der Waals surface area contributed by atoms with E-state index in [4.69, 9.17) is 0 Å². The lowest BCUT2D eigenvalue weighted by atomic mass is 10.1. The molecule has 4 N–H and O–H groups in total. The summed E-state index contributed by atoms with van der Waals surface area (Å²) in [5.74, 6) is 0.408. The largest absolute Gasteiger partial charge is 0.508 e. The lowest BCUT2D eigenvalue weighted by Crippen LogP contribution is -2.51. The normalized spacial score (nSPS) is 10.2. The van der Waals surface area contributed by atoms with Gasteiger partial charge in [-0.25, -0.2) is 0 Å². The van der Waals surface area contributed by atoms with Crippen molar-refractivity contribution in [2.45, 2.75) is 19.8 Å². The second kappa shape index (κ2) is 4.12. The van der Waals surface area contributed by atoms with Crippen LogP contribution in [0.1, 0.15) is 18.1 Å². The molecule has 66 valence electrons. The molecule has 12 heavy (non-hydrogen) atoms. The molecule has 0 unspecified atom stereocenters. The summed E-state index contributed by atoms with van der Waals surface area (Å²) in [6, 6.07) is 5.78. The van der Waals surface area contributed by atoms with Crippen LogP contribution in [0.15, 0.2) is 18.2 Å². The molecule has 0 aromatic heterocycles. The Balaban J connectivity index is 2.89. The predicted molar refractivity (Wildman–Crippen MR) is 48.9 cm³/mol. The lowest BCUT2D eigenvalue weighted by Gasteiger charge is -2.03. The fraction of sp³-hybridized carbons (Fsp3) is 0.400. The quantitative estimate of drug-likeness (QED) is 0.683. The molecule has 0 aliphatic rings. The summed E-state index contributed by atoms with van der Waals surface area (Å²) in [6.45, 7) is 2.96. The van der Waals surface area contributed by atoms with Gasteiger partial charge in [0.1, 0.15) is 5.75 Å². The van der Waals surface area contributed by atoms with Crippen molar-refractivity contribution in [3.63, 3.8) is 0 Å². The maximum Gasteiger partial charge on any atom is 0.118 e. The summed E-state index contributed by atoms with van der Waals surface area (Å²) in [4.78, 5) is 0. The zero-order valence-electron chi connectivity index (χ0n) is 7.51. The summed E-state index contributed by atoms with van der Waals surface area (Å²) in [5, 5.41) is 9.39. The molecule has 2 heteroatoms. The molecule has 0 heterocycles. The standard InChI is InChI=1S/C10H15NO/c1-2-9-7-8(5-6-11)3-4-10(9)12/h3-4,7,12H,2,5-6,11H2,1H3/p+1. The molecule has 1 aromatic carbocycles. The highest BCUT2D eigenvalue weighted by atomic mass is 16.3. The Labute approximate surface area is 73.0 Å². The highest BCUT2D eigenvalue weighted by Crippen LogP contribution is 2.18. The van der Waals surface area contributed by atoms with Crippen LogP contribution >= 0.6 is 0 Å². The predicted octanol–water partition coefficient (Wildman–Crippen LogP) is 0.739. The molecule has 0 atom stereocenters. The van der Waals surface area contributed by atoms with E-state index in [1.54, 1.807) is 6.07 Å². The molecule has 0 aliphatic carbocycles. The molecule has 0 saturated carbocycles. The van der Waals surface area contributed by atoms with E-state index >= 15 is 0 Å². The monoisotopic (exact) mass is 166 g/mol. The van der Waals surface area contributed by atoms with E-state index < -0.39 is 0 Å². The highest BCUT2D eigenvalue weighted by Gasteiger charge is 1.99. The zero-order chi connectivity index (χ0) is 8.97. The van der Waals surface area contributed by atoms with E-state index in [0.29, 0.717) is 5.75 Å². The zero-order valence-corrected chi connectivity index (χ0v) is 7.51. The van der Waals surface area contributed by atoms with Gasteiger partial charge in [-0.05, 0) is 23.6 Å². The number of hydrogen-bond donors (Lipinski definition) is 2. The molecule has 2 nitrogen and oxygen atoms in total. The van der Waals surface area contributed by atoms with Crippen LogP contribution in [-0.2, 0) is 12.8 Å². The van der Waals surface area contributed by atoms with Crippen molar-refractivity contribution in [1.82, 2.24) is 0 Å². The third-order valence-electron chi connectivity index (χ3n) is 1.99. The van der Waals surface area contributed by atoms with Gasteiger partial charge in [-0.3, -0.25) is 0 Å². The Kier molecular flexibility index (Phi) is 3.11. The second-order valence-electron chi connectivity index (χ2n) is 2.92. The van der Waals surface area contributed by atoms with Crippen LogP contribution in [0.25, 0.3) is 0 Å². The van der Waals surface area contributed by atoms with Gasteiger partial charge in [0.15, 0.2) is 0 Å². The first kappa shape index (κ1) is 9.07. The lowest BCUT2D eigenvalue weighted by molar-refractivity contribution is -0.366. The van der Waals surface area contributed by atoms with Crippen molar-refractivity contribution in [2.75, 3.05) is 6.54 Å². The van der Waals surface area contributed by atoms with E-state index in [-0.39, 0.29) is 0 Å². The molecular formula is C10H16NO+. The van der Waals surface area contributed by atoms with Gasteiger partial charge < -0.3 is 10.8 Å². The molecule has 0 amide bonds. The van der Waals surface area contributed by atoms with Crippen LogP contribution in [0.2, 0.25) is 0 Å². The number of rotatable bonds is 3. The summed E-state index contributed by atoms with van der Waals surface area (Å²) >= 11 is 0. The molecule has 1 aromatic rings. The maximum atomic E-state index is 9.39. The van der Waals surface area contributed by atoms with E-state index in [1.165, 1.54) is 5.56 Å². The van der Waals surface area contributed by atoms with Gasteiger partial charge in [-0.15, -0.1) is 0 Å². The Hall–Kier alpha value is -1.02. The summed E-state index contributed by atoms with van der Waals surface area (Å²) in [7, 11) is 0. The van der Waals surface area contributed by atoms with Crippen molar-refractivity contribution >= 4 is 0 Å².